The van der Waals surface area contributed by atoms with Crippen molar-refractivity contribution in [3.63, 3.8) is 0 Å². The van der Waals surface area contributed by atoms with Crippen LogP contribution in [-0.4, -0.2) is 12.2 Å². The summed E-state index contributed by atoms with van der Waals surface area (Å²) in [5.74, 6) is 3.60. The predicted molar refractivity (Wildman–Crippen MR) is 192 cm³/mol. The number of hydrogen-bond donors (Lipinski definition) is 0. The van der Waals surface area contributed by atoms with Gasteiger partial charge in [-0.3, -0.25) is 0 Å². The van der Waals surface area contributed by atoms with Crippen LogP contribution in [0.15, 0.2) is 77.3 Å². The largest absolute Gasteiger partial charge is 0.490 e. The van der Waals surface area contributed by atoms with Gasteiger partial charge in [0, 0.05) is 4.47 Å². The van der Waals surface area contributed by atoms with E-state index in [0.717, 1.165) is 51.4 Å². The zero-order valence-electron chi connectivity index (χ0n) is 28.0. The highest BCUT2D eigenvalue weighted by molar-refractivity contribution is 9.10. The van der Waals surface area contributed by atoms with Crippen LogP contribution >= 0.6 is 15.9 Å². The molecule has 0 saturated heterocycles. The Bertz CT molecular complexity index is 1620. The van der Waals surface area contributed by atoms with Gasteiger partial charge in [0.25, 0.3) is 0 Å². The zero-order chi connectivity index (χ0) is 32.2. The molecule has 0 bridgehead atoms. The van der Waals surface area contributed by atoms with Crippen LogP contribution in [-0.2, 0) is 0 Å². The van der Waals surface area contributed by atoms with Crippen molar-refractivity contribution in [2.75, 3.05) is 0 Å². The van der Waals surface area contributed by atoms with Gasteiger partial charge in [-0.2, -0.15) is 5.26 Å². The number of ether oxygens (including phenoxy) is 2. The van der Waals surface area contributed by atoms with Crippen LogP contribution in [0.25, 0.3) is 21.5 Å². The van der Waals surface area contributed by atoms with E-state index < -0.39 is 0 Å². The fraction of sp³-hybridized carbons (Fsp3) is 0.488. The molecule has 2 aliphatic carbocycles. The molecular weight excluding hydrogens is 618 g/mol. The maximum Gasteiger partial charge on any atom is 0.120 e. The zero-order valence-corrected chi connectivity index (χ0v) is 29.6. The Kier molecular flexibility index (Phi) is 10.5. The number of rotatable bonds is 4. The van der Waals surface area contributed by atoms with E-state index in [-0.39, 0.29) is 0 Å². The Morgan fingerprint density at radius 1 is 0.556 bits per heavy atom. The van der Waals surface area contributed by atoms with Crippen molar-refractivity contribution in [3.8, 4) is 17.6 Å². The van der Waals surface area contributed by atoms with Gasteiger partial charge in [0.2, 0.25) is 0 Å². The van der Waals surface area contributed by atoms with Gasteiger partial charge in [-0.1, -0.05) is 81.7 Å². The average molecular weight is 669 g/mol. The summed E-state index contributed by atoms with van der Waals surface area (Å²) in [5.41, 5.74) is 1.54. The van der Waals surface area contributed by atoms with Gasteiger partial charge >= 0.3 is 0 Å². The van der Waals surface area contributed by atoms with E-state index in [9.17, 15) is 0 Å². The van der Waals surface area contributed by atoms with Crippen molar-refractivity contribution in [3.05, 3.63) is 82.8 Å². The topological polar surface area (TPSA) is 42.2 Å². The maximum atomic E-state index is 8.97. The number of benzene rings is 4. The Morgan fingerprint density at radius 3 is 1.40 bits per heavy atom. The lowest BCUT2D eigenvalue weighted by Gasteiger charge is -2.37. The first-order chi connectivity index (χ1) is 21.4. The molecule has 4 aromatic carbocycles. The molecule has 0 radical (unpaired) electrons. The molecule has 0 N–H and O–H groups in total. The number of hydrogen-bond acceptors (Lipinski definition) is 3. The van der Waals surface area contributed by atoms with E-state index >= 15 is 0 Å². The third-order valence-electron chi connectivity index (χ3n) is 10.1. The third-order valence-corrected chi connectivity index (χ3v) is 10.6. The second kappa shape index (κ2) is 14.2. The van der Waals surface area contributed by atoms with Gasteiger partial charge in [0.15, 0.2) is 0 Å². The summed E-state index contributed by atoms with van der Waals surface area (Å²) in [4.78, 5) is 0. The van der Waals surface area contributed by atoms with Gasteiger partial charge in [0.05, 0.1) is 23.8 Å². The van der Waals surface area contributed by atoms with Crippen molar-refractivity contribution < 1.29 is 9.47 Å². The second-order valence-corrected chi connectivity index (χ2v) is 16.3. The molecule has 238 valence electrons. The molecule has 0 heterocycles. The molecule has 0 atom stereocenters. The molecule has 0 unspecified atom stereocenters. The summed E-state index contributed by atoms with van der Waals surface area (Å²) in [7, 11) is 0. The highest BCUT2D eigenvalue weighted by Crippen LogP contribution is 2.40. The van der Waals surface area contributed by atoms with E-state index in [1.807, 2.05) is 30.3 Å². The second-order valence-electron chi connectivity index (χ2n) is 15.4. The first kappa shape index (κ1) is 33.3. The molecule has 2 fully saturated rings. The van der Waals surface area contributed by atoms with Crippen molar-refractivity contribution in [1.82, 2.24) is 0 Å². The summed E-state index contributed by atoms with van der Waals surface area (Å²) in [5, 5.41) is 13.7. The highest BCUT2D eigenvalue weighted by atomic mass is 79.9. The molecule has 6 rings (SSSR count). The smallest absolute Gasteiger partial charge is 0.120 e. The normalized spacial score (nSPS) is 22.3. The molecule has 2 saturated carbocycles. The summed E-state index contributed by atoms with van der Waals surface area (Å²) in [6, 6.07) is 26.9. The quantitative estimate of drug-likeness (QED) is 0.217. The highest BCUT2D eigenvalue weighted by Gasteiger charge is 2.31. The van der Waals surface area contributed by atoms with Crippen LogP contribution in [0, 0.1) is 34.0 Å². The minimum atomic E-state index is 0.337. The maximum absolute atomic E-state index is 8.97. The average Bonchev–Trinajstić information content (AvgIpc) is 3.01. The monoisotopic (exact) mass is 667 g/mol. The van der Waals surface area contributed by atoms with Crippen molar-refractivity contribution >= 4 is 37.5 Å². The molecule has 4 aromatic rings. The van der Waals surface area contributed by atoms with Crippen molar-refractivity contribution in [1.29, 1.82) is 5.26 Å². The van der Waals surface area contributed by atoms with Gasteiger partial charge in [0.1, 0.15) is 11.5 Å². The Balaban J connectivity index is 0.000000178. The molecule has 0 aliphatic heterocycles. The van der Waals surface area contributed by atoms with E-state index in [4.69, 9.17) is 14.7 Å². The summed E-state index contributed by atoms with van der Waals surface area (Å²) < 4.78 is 13.6. The predicted octanol–water partition coefficient (Wildman–Crippen LogP) is 12.3. The molecule has 45 heavy (non-hydrogen) atoms. The Hall–Kier alpha value is -3.03. The van der Waals surface area contributed by atoms with Crippen LogP contribution in [0.5, 0.6) is 11.5 Å². The summed E-state index contributed by atoms with van der Waals surface area (Å²) >= 11 is 3.52. The number of fused-ring (bicyclic) bond motifs is 2. The van der Waals surface area contributed by atoms with Crippen LogP contribution in [0.4, 0.5) is 0 Å². The lowest BCUT2D eigenvalue weighted by atomic mass is 9.72. The molecule has 4 heteroatoms. The number of halogens is 1. The Morgan fingerprint density at radius 2 is 0.956 bits per heavy atom. The molecule has 2 aliphatic rings. The van der Waals surface area contributed by atoms with Gasteiger partial charge in [-0.15, -0.1) is 0 Å². The standard InChI is InChI=1S/C21H25NO.C20H25BrO/c1-21(2,3)18-7-10-19(11-8-18)23-20-9-6-16-12-15(14-22)4-5-17(16)13-20;1-20(2,3)16-6-10-18(11-7-16)22-19-9-5-14-12-17(21)8-4-15(14)13-19/h4-6,9,12-13,18-19H,7-8,10-11H2,1-3H3;4-5,8-9,12-13,16,18H,6-7,10-11H2,1-3H3. The molecule has 0 amide bonds. The first-order valence-electron chi connectivity index (χ1n) is 16.8. The van der Waals surface area contributed by atoms with E-state index in [2.05, 4.69) is 106 Å². The summed E-state index contributed by atoms with van der Waals surface area (Å²) in [6.07, 6.45) is 10.5. The lowest BCUT2D eigenvalue weighted by Crippen LogP contribution is -2.30. The van der Waals surface area contributed by atoms with Crippen LogP contribution < -0.4 is 9.47 Å². The third kappa shape index (κ3) is 9.04. The molecule has 0 aromatic heterocycles. The van der Waals surface area contributed by atoms with Gasteiger partial charge in [-0.05, 0) is 144 Å². The minimum Gasteiger partial charge on any atom is -0.490 e. The van der Waals surface area contributed by atoms with Gasteiger partial charge in [-0.25, -0.2) is 0 Å². The fourth-order valence-corrected chi connectivity index (χ4v) is 7.49. The van der Waals surface area contributed by atoms with Crippen LogP contribution in [0.2, 0.25) is 0 Å². The van der Waals surface area contributed by atoms with Crippen LogP contribution in [0.3, 0.4) is 0 Å². The van der Waals surface area contributed by atoms with Crippen LogP contribution in [0.1, 0.15) is 98.5 Å². The minimum absolute atomic E-state index is 0.337. The SMILES string of the molecule is CC(C)(C)C1CCC(Oc2ccc3cc(Br)ccc3c2)CC1.CC(C)(C)C1CCC(Oc2ccc3cc(C#N)ccc3c2)CC1. The van der Waals surface area contributed by atoms with Gasteiger partial charge < -0.3 is 9.47 Å². The Labute approximate surface area is 279 Å². The van der Waals surface area contributed by atoms with E-state index in [1.165, 1.54) is 49.3 Å². The van der Waals surface area contributed by atoms with Crippen molar-refractivity contribution in [2.45, 2.75) is 105 Å². The van der Waals surface area contributed by atoms with E-state index in [0.29, 0.717) is 28.6 Å². The fourth-order valence-electron chi connectivity index (χ4n) is 7.11. The van der Waals surface area contributed by atoms with Crippen molar-refractivity contribution in [2.24, 2.45) is 22.7 Å². The molecular formula is C41H50BrNO2. The number of nitriles is 1. The molecule has 0 spiro atoms. The number of nitrogens with zero attached hydrogens (tertiary/aromatic N) is 1. The summed E-state index contributed by atoms with van der Waals surface area (Å²) in [6.45, 7) is 14.1. The molecule has 3 nitrogen and oxygen atoms in total. The lowest BCUT2D eigenvalue weighted by molar-refractivity contribution is 0.0881. The first-order valence-corrected chi connectivity index (χ1v) is 17.6. The van der Waals surface area contributed by atoms with E-state index in [1.54, 1.807) is 0 Å².